The third-order valence-corrected chi connectivity index (χ3v) is 3.77. The largest absolute Gasteiger partial charge is 0.468 e. The normalized spacial score (nSPS) is 12.1. The Morgan fingerprint density at radius 2 is 2.24 bits per heavy atom. The lowest BCUT2D eigenvalue weighted by Crippen LogP contribution is -2.38. The molecule has 118 valence electrons. The smallest absolute Gasteiger partial charge is 0.339 e. The van der Waals surface area contributed by atoms with E-state index < -0.39 is 11.1 Å². The van der Waals surface area contributed by atoms with Crippen LogP contribution < -0.4 is 16.4 Å². The fourth-order valence-corrected chi connectivity index (χ4v) is 2.54. The van der Waals surface area contributed by atoms with Gasteiger partial charge in [-0.05, 0) is 19.4 Å². The van der Waals surface area contributed by atoms with Crippen LogP contribution in [0.15, 0.2) is 14.7 Å². The highest BCUT2D eigenvalue weighted by Crippen LogP contribution is 2.14. The number of thioether (sulfide) groups is 1. The van der Waals surface area contributed by atoms with Gasteiger partial charge in [-0.15, -0.1) is 0 Å². The lowest BCUT2D eigenvalue weighted by molar-refractivity contribution is -0.143. The summed E-state index contributed by atoms with van der Waals surface area (Å²) < 4.78 is 6.13. The first-order valence-electron chi connectivity index (χ1n) is 6.61. The van der Waals surface area contributed by atoms with E-state index in [1.165, 1.54) is 23.6 Å². The number of methoxy groups -OCH3 is 1. The van der Waals surface area contributed by atoms with E-state index >= 15 is 0 Å². The van der Waals surface area contributed by atoms with Crippen molar-refractivity contribution in [3.63, 3.8) is 0 Å². The standard InChI is InChI=1S/C12H20N4O4S/c1-4-6-13-8(11(19)20-3)5-7-21-12-14-9(17)10(18)15-16(12)2/h8,13H,4-7H2,1-3H3,(H,15,18). The Labute approximate surface area is 126 Å². The molecule has 1 aromatic rings. The van der Waals surface area contributed by atoms with E-state index in [1.54, 1.807) is 7.05 Å². The van der Waals surface area contributed by atoms with Crippen molar-refractivity contribution in [2.45, 2.75) is 31.0 Å². The number of nitrogens with one attached hydrogen (secondary N) is 2. The zero-order chi connectivity index (χ0) is 15.8. The van der Waals surface area contributed by atoms with Crippen LogP contribution in [0.25, 0.3) is 0 Å². The average molecular weight is 316 g/mol. The highest BCUT2D eigenvalue weighted by atomic mass is 32.2. The molecular formula is C12H20N4O4S. The van der Waals surface area contributed by atoms with Crippen LogP contribution in [0.3, 0.4) is 0 Å². The molecule has 0 aliphatic carbocycles. The maximum atomic E-state index is 11.6. The Bertz CT molecular complexity index is 583. The molecule has 0 bridgehead atoms. The third kappa shape index (κ3) is 5.35. The average Bonchev–Trinajstić information content (AvgIpc) is 2.46. The van der Waals surface area contributed by atoms with Crippen molar-refractivity contribution in [2.24, 2.45) is 7.05 Å². The molecule has 2 N–H and O–H groups in total. The van der Waals surface area contributed by atoms with E-state index in [0.29, 0.717) is 17.3 Å². The number of H-pyrrole nitrogens is 1. The molecule has 0 saturated carbocycles. The Hall–Kier alpha value is -1.61. The Morgan fingerprint density at radius 1 is 1.52 bits per heavy atom. The van der Waals surface area contributed by atoms with Crippen LogP contribution >= 0.6 is 11.8 Å². The predicted molar refractivity (Wildman–Crippen MR) is 79.5 cm³/mol. The molecule has 1 atom stereocenters. The van der Waals surface area contributed by atoms with E-state index in [4.69, 9.17) is 4.74 Å². The van der Waals surface area contributed by atoms with Gasteiger partial charge in [0.15, 0.2) is 5.16 Å². The summed E-state index contributed by atoms with van der Waals surface area (Å²) >= 11 is 1.29. The van der Waals surface area contributed by atoms with Crippen LogP contribution in [0, 0.1) is 0 Å². The number of ether oxygens (including phenoxy) is 1. The topological polar surface area (TPSA) is 106 Å². The van der Waals surface area contributed by atoms with Gasteiger partial charge in [0.2, 0.25) is 0 Å². The second-order valence-corrected chi connectivity index (χ2v) is 5.43. The van der Waals surface area contributed by atoms with Crippen molar-refractivity contribution in [3.05, 3.63) is 20.7 Å². The number of rotatable bonds is 8. The molecule has 9 heteroatoms. The fraction of sp³-hybridized carbons (Fsp3) is 0.667. The molecule has 0 spiro atoms. The molecular weight excluding hydrogens is 296 g/mol. The zero-order valence-corrected chi connectivity index (χ0v) is 13.2. The van der Waals surface area contributed by atoms with Crippen molar-refractivity contribution >= 4 is 17.7 Å². The third-order valence-electron chi connectivity index (χ3n) is 2.71. The molecule has 8 nitrogen and oxygen atoms in total. The summed E-state index contributed by atoms with van der Waals surface area (Å²) in [5.41, 5.74) is -1.57. The van der Waals surface area contributed by atoms with Gasteiger partial charge in [0.1, 0.15) is 6.04 Å². The highest BCUT2D eigenvalue weighted by molar-refractivity contribution is 7.99. The maximum Gasteiger partial charge on any atom is 0.339 e. The molecule has 0 radical (unpaired) electrons. The number of aryl methyl sites for hydroxylation is 1. The molecule has 1 rings (SSSR count). The van der Waals surface area contributed by atoms with E-state index in [-0.39, 0.29) is 12.0 Å². The van der Waals surface area contributed by atoms with Crippen LogP contribution in [-0.2, 0) is 16.6 Å². The minimum atomic E-state index is -0.816. The zero-order valence-electron chi connectivity index (χ0n) is 12.3. The second kappa shape index (κ2) is 8.63. The van der Waals surface area contributed by atoms with Gasteiger partial charge in [-0.3, -0.25) is 24.2 Å². The molecule has 0 aliphatic heterocycles. The maximum absolute atomic E-state index is 11.6. The monoisotopic (exact) mass is 316 g/mol. The van der Waals surface area contributed by atoms with E-state index in [9.17, 15) is 14.4 Å². The lowest BCUT2D eigenvalue weighted by Gasteiger charge is -2.15. The molecule has 21 heavy (non-hydrogen) atoms. The molecule has 0 saturated heterocycles. The summed E-state index contributed by atoms with van der Waals surface area (Å²) in [7, 11) is 2.95. The number of hydrogen-bond donors (Lipinski definition) is 2. The fourth-order valence-electron chi connectivity index (χ4n) is 1.62. The minimum Gasteiger partial charge on any atom is -0.468 e. The summed E-state index contributed by atoms with van der Waals surface area (Å²) in [4.78, 5) is 37.6. The first-order chi connectivity index (χ1) is 9.99. The van der Waals surface area contributed by atoms with Crippen molar-refractivity contribution in [3.8, 4) is 0 Å². The van der Waals surface area contributed by atoms with Crippen LogP contribution in [0.4, 0.5) is 0 Å². The van der Waals surface area contributed by atoms with Crippen LogP contribution in [0.5, 0.6) is 0 Å². The lowest BCUT2D eigenvalue weighted by atomic mass is 10.2. The summed E-state index contributed by atoms with van der Waals surface area (Å²) in [6, 6.07) is -0.387. The summed E-state index contributed by atoms with van der Waals surface area (Å²) in [5, 5.41) is 5.88. The second-order valence-electron chi connectivity index (χ2n) is 4.37. The Balaban J connectivity index is 2.61. The van der Waals surface area contributed by atoms with Gasteiger partial charge in [-0.25, -0.2) is 0 Å². The SMILES string of the molecule is CCCNC(CCSc1nc(=O)c(=O)[nH]n1C)C(=O)OC. The van der Waals surface area contributed by atoms with Gasteiger partial charge in [-0.2, -0.15) is 4.98 Å². The molecule has 1 heterocycles. The number of aromatic nitrogens is 3. The molecule has 0 fully saturated rings. The van der Waals surface area contributed by atoms with Crippen molar-refractivity contribution in [1.29, 1.82) is 0 Å². The van der Waals surface area contributed by atoms with Crippen molar-refractivity contribution in [1.82, 2.24) is 20.1 Å². The Morgan fingerprint density at radius 3 is 2.86 bits per heavy atom. The molecule has 0 aliphatic rings. The highest BCUT2D eigenvalue weighted by Gasteiger charge is 2.18. The number of aromatic amines is 1. The van der Waals surface area contributed by atoms with Crippen LogP contribution in [0.1, 0.15) is 19.8 Å². The Kier molecular flexibility index (Phi) is 7.17. The van der Waals surface area contributed by atoms with Crippen LogP contribution in [0.2, 0.25) is 0 Å². The summed E-state index contributed by atoms with van der Waals surface area (Å²) in [5.74, 6) is 0.246. The van der Waals surface area contributed by atoms with E-state index in [0.717, 1.165) is 13.0 Å². The number of carbonyl (C=O) groups is 1. The number of carbonyl (C=O) groups excluding carboxylic acids is 1. The van der Waals surface area contributed by atoms with Gasteiger partial charge in [0.25, 0.3) is 0 Å². The van der Waals surface area contributed by atoms with Crippen molar-refractivity contribution < 1.29 is 9.53 Å². The predicted octanol–water partition coefficient (Wildman–Crippen LogP) is -0.508. The molecule has 1 unspecified atom stereocenters. The van der Waals surface area contributed by atoms with Gasteiger partial charge in [0, 0.05) is 12.8 Å². The number of nitrogens with zero attached hydrogens (tertiary/aromatic N) is 2. The summed E-state index contributed by atoms with van der Waals surface area (Å²) in [6.07, 6.45) is 1.45. The van der Waals surface area contributed by atoms with E-state index in [2.05, 4.69) is 15.4 Å². The number of esters is 1. The first-order valence-corrected chi connectivity index (χ1v) is 7.59. The molecule has 1 aromatic heterocycles. The summed E-state index contributed by atoms with van der Waals surface area (Å²) in [6.45, 7) is 2.73. The molecule has 0 aromatic carbocycles. The quantitative estimate of drug-likeness (QED) is 0.378. The van der Waals surface area contributed by atoms with Crippen LogP contribution in [-0.4, -0.2) is 46.2 Å². The van der Waals surface area contributed by atoms with E-state index in [1.807, 2.05) is 6.92 Å². The minimum absolute atomic E-state index is 0.313. The number of hydrogen-bond acceptors (Lipinski definition) is 7. The molecule has 0 amide bonds. The van der Waals surface area contributed by atoms with Crippen molar-refractivity contribution in [2.75, 3.05) is 19.4 Å². The van der Waals surface area contributed by atoms with Gasteiger partial charge in [-0.1, -0.05) is 18.7 Å². The van der Waals surface area contributed by atoms with Gasteiger partial charge >= 0.3 is 17.1 Å². The first kappa shape index (κ1) is 17.4. The van der Waals surface area contributed by atoms with Gasteiger partial charge in [0.05, 0.1) is 7.11 Å². The van der Waals surface area contributed by atoms with Gasteiger partial charge < -0.3 is 10.1 Å².